The van der Waals surface area contributed by atoms with Crippen molar-refractivity contribution in [1.29, 1.82) is 0 Å². The van der Waals surface area contributed by atoms with Gasteiger partial charge in [-0.25, -0.2) is 8.42 Å². The highest BCUT2D eigenvalue weighted by Crippen LogP contribution is 2.27. The van der Waals surface area contributed by atoms with Gasteiger partial charge in [-0.05, 0) is 46.1 Å². The summed E-state index contributed by atoms with van der Waals surface area (Å²) in [6, 6.07) is 7.86. The first-order valence-electron chi connectivity index (χ1n) is 8.53. The second-order valence-electron chi connectivity index (χ2n) is 6.53. The zero-order chi connectivity index (χ0) is 19.6. The molecule has 0 saturated carbocycles. The monoisotopic (exact) mass is 400 g/mol. The standard InChI is InChI=1S/C13H24N2O.C6H5ClO2S/c1-13(16-10-6-9-15(2)3)8-5-4-7-12(13)11-14;7-10(8,9)6-4-2-1-3-5-6/h4-5,7-8,12H,6,9-11,14H2,1-3H3;1-5H. The van der Waals surface area contributed by atoms with E-state index in [1.54, 1.807) is 18.2 Å². The number of allylic oxidation sites excluding steroid dienone is 2. The van der Waals surface area contributed by atoms with Gasteiger partial charge in [0.05, 0.1) is 10.5 Å². The summed E-state index contributed by atoms with van der Waals surface area (Å²) in [5.41, 5.74) is 5.53. The van der Waals surface area contributed by atoms with Crippen LogP contribution in [-0.2, 0) is 13.8 Å². The Hall–Kier alpha value is -1.18. The second-order valence-corrected chi connectivity index (χ2v) is 9.09. The van der Waals surface area contributed by atoms with Crippen LogP contribution < -0.4 is 5.73 Å². The van der Waals surface area contributed by atoms with E-state index >= 15 is 0 Å². The Morgan fingerprint density at radius 2 is 1.88 bits per heavy atom. The first kappa shape index (κ1) is 22.9. The van der Waals surface area contributed by atoms with Crippen LogP contribution in [0.25, 0.3) is 0 Å². The lowest BCUT2D eigenvalue weighted by Gasteiger charge is -2.34. The fourth-order valence-corrected chi connectivity index (χ4v) is 3.27. The summed E-state index contributed by atoms with van der Waals surface area (Å²) >= 11 is 0. The number of hydrogen-bond donors (Lipinski definition) is 1. The van der Waals surface area contributed by atoms with Crippen molar-refractivity contribution in [2.45, 2.75) is 23.8 Å². The Labute approximate surface area is 161 Å². The summed E-state index contributed by atoms with van der Waals surface area (Å²) in [6.45, 7) is 4.58. The molecule has 2 atom stereocenters. The molecule has 2 unspecified atom stereocenters. The molecule has 0 bridgehead atoms. The van der Waals surface area contributed by atoms with Gasteiger partial charge in [0.15, 0.2) is 0 Å². The lowest BCUT2D eigenvalue weighted by Crippen LogP contribution is -2.40. The molecule has 5 nitrogen and oxygen atoms in total. The summed E-state index contributed by atoms with van der Waals surface area (Å²) in [5, 5.41) is 0. The molecule has 0 saturated heterocycles. The molecule has 1 aliphatic carbocycles. The van der Waals surface area contributed by atoms with Crippen LogP contribution in [-0.4, -0.2) is 52.7 Å². The normalized spacial score (nSPS) is 22.2. The summed E-state index contributed by atoms with van der Waals surface area (Å²) in [5.74, 6) is 0.289. The van der Waals surface area contributed by atoms with Gasteiger partial charge in [-0.3, -0.25) is 0 Å². The molecular weight excluding hydrogens is 372 g/mol. The summed E-state index contributed by atoms with van der Waals surface area (Å²) < 4.78 is 27.2. The molecule has 0 aliphatic heterocycles. The zero-order valence-corrected chi connectivity index (χ0v) is 17.2. The smallest absolute Gasteiger partial charge is 0.261 e. The van der Waals surface area contributed by atoms with Gasteiger partial charge in [-0.1, -0.05) is 42.5 Å². The van der Waals surface area contributed by atoms with Crippen LogP contribution in [0.15, 0.2) is 59.5 Å². The molecule has 26 heavy (non-hydrogen) atoms. The largest absolute Gasteiger partial charge is 0.370 e. The predicted molar refractivity (Wildman–Crippen MR) is 108 cm³/mol. The molecule has 0 spiro atoms. The van der Waals surface area contributed by atoms with Gasteiger partial charge in [0.25, 0.3) is 9.05 Å². The average Bonchev–Trinajstić information content (AvgIpc) is 2.60. The van der Waals surface area contributed by atoms with E-state index in [1.165, 1.54) is 12.1 Å². The Bertz CT molecular complexity index is 690. The molecule has 7 heteroatoms. The Kier molecular flexibility index (Phi) is 9.54. The minimum absolute atomic E-state index is 0.136. The number of hydrogen-bond acceptors (Lipinski definition) is 5. The highest BCUT2D eigenvalue weighted by molar-refractivity contribution is 8.13. The third kappa shape index (κ3) is 8.01. The van der Waals surface area contributed by atoms with Gasteiger partial charge in [0.2, 0.25) is 0 Å². The van der Waals surface area contributed by atoms with Gasteiger partial charge in [0, 0.05) is 29.8 Å². The number of rotatable bonds is 7. The molecule has 146 valence electrons. The second kappa shape index (κ2) is 10.8. The van der Waals surface area contributed by atoms with Crippen LogP contribution in [0.2, 0.25) is 0 Å². The first-order chi connectivity index (χ1) is 12.2. The lowest BCUT2D eigenvalue weighted by molar-refractivity contribution is -0.0251. The third-order valence-electron chi connectivity index (χ3n) is 4.06. The van der Waals surface area contributed by atoms with Crippen LogP contribution in [0, 0.1) is 5.92 Å². The number of nitrogens with zero attached hydrogens (tertiary/aromatic N) is 1. The van der Waals surface area contributed by atoms with E-state index in [2.05, 4.69) is 38.1 Å². The molecule has 1 aromatic carbocycles. The van der Waals surface area contributed by atoms with Crippen LogP contribution in [0.3, 0.4) is 0 Å². The highest BCUT2D eigenvalue weighted by atomic mass is 35.7. The molecule has 2 rings (SSSR count). The number of nitrogens with two attached hydrogens (primary N) is 1. The maximum atomic E-state index is 10.6. The van der Waals surface area contributed by atoms with E-state index in [9.17, 15) is 8.42 Å². The fourth-order valence-electron chi connectivity index (χ4n) is 2.48. The van der Waals surface area contributed by atoms with E-state index in [0.29, 0.717) is 6.54 Å². The maximum absolute atomic E-state index is 10.6. The quantitative estimate of drug-likeness (QED) is 0.562. The molecule has 2 N–H and O–H groups in total. The van der Waals surface area contributed by atoms with Crippen molar-refractivity contribution in [3.05, 3.63) is 54.6 Å². The third-order valence-corrected chi connectivity index (χ3v) is 5.43. The van der Waals surface area contributed by atoms with Crippen LogP contribution in [0.4, 0.5) is 0 Å². The number of halogens is 1. The Morgan fingerprint density at radius 3 is 2.38 bits per heavy atom. The summed E-state index contributed by atoms with van der Waals surface area (Å²) in [7, 11) is 5.65. The van der Waals surface area contributed by atoms with Crippen molar-refractivity contribution in [1.82, 2.24) is 4.90 Å². The lowest BCUT2D eigenvalue weighted by atomic mass is 9.85. The molecule has 0 aromatic heterocycles. The van der Waals surface area contributed by atoms with Gasteiger partial charge < -0.3 is 15.4 Å². The molecular formula is C19H29ClN2O3S. The summed E-state index contributed by atoms with van der Waals surface area (Å²) in [4.78, 5) is 2.31. The summed E-state index contributed by atoms with van der Waals surface area (Å²) in [6.07, 6.45) is 9.38. The first-order valence-corrected chi connectivity index (χ1v) is 10.8. The van der Waals surface area contributed by atoms with Gasteiger partial charge in [-0.2, -0.15) is 0 Å². The highest BCUT2D eigenvalue weighted by Gasteiger charge is 2.31. The molecule has 0 amide bonds. The zero-order valence-electron chi connectivity index (χ0n) is 15.6. The van der Waals surface area contributed by atoms with E-state index in [-0.39, 0.29) is 16.4 Å². The van der Waals surface area contributed by atoms with E-state index < -0.39 is 9.05 Å². The van der Waals surface area contributed by atoms with E-state index in [4.69, 9.17) is 21.2 Å². The maximum Gasteiger partial charge on any atom is 0.261 e. The van der Waals surface area contributed by atoms with Crippen molar-refractivity contribution >= 4 is 19.7 Å². The predicted octanol–water partition coefficient (Wildman–Crippen LogP) is 3.03. The fraction of sp³-hybridized carbons (Fsp3) is 0.474. The minimum atomic E-state index is -3.53. The van der Waals surface area contributed by atoms with E-state index in [1.807, 2.05) is 12.2 Å². The van der Waals surface area contributed by atoms with Gasteiger partial charge in [-0.15, -0.1) is 0 Å². The topological polar surface area (TPSA) is 72.6 Å². The SMILES string of the molecule is CN(C)CCCOC1(C)C=CC=CC1CN.O=S(=O)(Cl)c1ccccc1. The molecule has 0 radical (unpaired) electrons. The van der Waals surface area contributed by atoms with Crippen molar-refractivity contribution in [3.8, 4) is 0 Å². The van der Waals surface area contributed by atoms with Crippen molar-refractivity contribution in [3.63, 3.8) is 0 Å². The van der Waals surface area contributed by atoms with Crippen LogP contribution in [0.1, 0.15) is 13.3 Å². The average molecular weight is 401 g/mol. The molecule has 0 heterocycles. The van der Waals surface area contributed by atoms with Crippen molar-refractivity contribution in [2.24, 2.45) is 11.7 Å². The number of benzene rings is 1. The Balaban J connectivity index is 0.000000289. The molecule has 1 aliphatic rings. The van der Waals surface area contributed by atoms with Crippen LogP contribution in [0.5, 0.6) is 0 Å². The molecule has 0 fully saturated rings. The van der Waals surface area contributed by atoms with Crippen molar-refractivity contribution in [2.75, 3.05) is 33.8 Å². The van der Waals surface area contributed by atoms with E-state index in [0.717, 1.165) is 19.6 Å². The Morgan fingerprint density at radius 1 is 1.23 bits per heavy atom. The number of ether oxygens (including phenoxy) is 1. The minimum Gasteiger partial charge on any atom is -0.370 e. The van der Waals surface area contributed by atoms with Crippen molar-refractivity contribution < 1.29 is 13.2 Å². The van der Waals surface area contributed by atoms with Crippen LogP contribution >= 0.6 is 10.7 Å². The van der Waals surface area contributed by atoms with Gasteiger partial charge in [0.1, 0.15) is 0 Å². The molecule has 1 aromatic rings. The van der Waals surface area contributed by atoms with Gasteiger partial charge >= 0.3 is 0 Å².